The fourth-order valence-corrected chi connectivity index (χ4v) is 3.91. The molecule has 108 valence electrons. The van der Waals surface area contributed by atoms with Crippen LogP contribution in [0.25, 0.3) is 0 Å². The lowest BCUT2D eigenvalue weighted by molar-refractivity contribution is -0.141. The summed E-state index contributed by atoms with van der Waals surface area (Å²) in [6.45, 7) is 4.20. The third kappa shape index (κ3) is 3.14. The molecule has 0 aliphatic carbocycles. The Kier molecular flexibility index (Phi) is 4.93. The predicted octanol–water partition coefficient (Wildman–Crippen LogP) is 1.07. The van der Waals surface area contributed by atoms with E-state index in [9.17, 15) is 14.7 Å². The maximum Gasteiger partial charge on any atom is 0.327 e. The highest BCUT2D eigenvalue weighted by atomic mass is 32.2. The van der Waals surface area contributed by atoms with E-state index in [-0.39, 0.29) is 11.4 Å². The molecule has 0 aromatic rings. The van der Waals surface area contributed by atoms with Gasteiger partial charge in [0.15, 0.2) is 0 Å². The highest BCUT2D eigenvalue weighted by Crippen LogP contribution is 2.33. The van der Waals surface area contributed by atoms with E-state index in [1.807, 2.05) is 6.92 Å². The highest BCUT2D eigenvalue weighted by Gasteiger charge is 2.42. The van der Waals surface area contributed by atoms with Crippen molar-refractivity contribution < 1.29 is 19.4 Å². The van der Waals surface area contributed by atoms with Gasteiger partial charge in [-0.05, 0) is 6.42 Å². The molecule has 2 fully saturated rings. The lowest BCUT2D eigenvalue weighted by atomic mass is 10.2. The number of carboxylic acids is 1. The lowest BCUT2D eigenvalue weighted by Gasteiger charge is -2.35. The Balaban J connectivity index is 2.10. The Hall–Kier alpha value is -0.950. The minimum absolute atomic E-state index is 0.0126. The molecule has 2 unspecified atom stereocenters. The van der Waals surface area contributed by atoms with Crippen molar-refractivity contribution in [2.45, 2.75) is 31.2 Å². The SMILES string of the molecule is CCCC1SCC(C(=O)O)N1C(=O)N1CCOCC1. The van der Waals surface area contributed by atoms with Gasteiger partial charge in [-0.15, -0.1) is 11.8 Å². The molecule has 2 rings (SSSR count). The van der Waals surface area contributed by atoms with Crippen LogP contribution in [0.15, 0.2) is 0 Å². The number of amides is 2. The summed E-state index contributed by atoms with van der Waals surface area (Å²) in [6, 6.07) is -0.851. The van der Waals surface area contributed by atoms with E-state index in [0.717, 1.165) is 12.8 Å². The topological polar surface area (TPSA) is 70.1 Å². The van der Waals surface area contributed by atoms with Gasteiger partial charge in [-0.25, -0.2) is 9.59 Å². The van der Waals surface area contributed by atoms with Gasteiger partial charge < -0.3 is 14.7 Å². The Morgan fingerprint density at radius 3 is 2.63 bits per heavy atom. The van der Waals surface area contributed by atoms with E-state index in [2.05, 4.69) is 0 Å². The van der Waals surface area contributed by atoms with Crippen molar-refractivity contribution in [3.8, 4) is 0 Å². The summed E-state index contributed by atoms with van der Waals surface area (Å²) in [4.78, 5) is 27.1. The second-order valence-electron chi connectivity index (χ2n) is 4.72. The molecule has 0 saturated carbocycles. The number of morpholine rings is 1. The maximum atomic E-state index is 12.5. The molecule has 2 aliphatic rings. The fraction of sp³-hybridized carbons (Fsp3) is 0.833. The standard InChI is InChI=1S/C12H20N2O4S/c1-2-3-10-14(9(8-19-10)11(15)16)12(17)13-4-6-18-7-5-13/h9-10H,2-8H2,1H3,(H,15,16). The number of carboxylic acid groups (broad SMARTS) is 1. The molecule has 0 radical (unpaired) electrons. The molecular formula is C12H20N2O4S. The fourth-order valence-electron chi connectivity index (χ4n) is 2.40. The molecule has 0 bridgehead atoms. The average Bonchev–Trinajstić information content (AvgIpc) is 2.83. The largest absolute Gasteiger partial charge is 0.480 e. The van der Waals surface area contributed by atoms with Gasteiger partial charge in [-0.1, -0.05) is 13.3 Å². The minimum Gasteiger partial charge on any atom is -0.480 e. The van der Waals surface area contributed by atoms with Gasteiger partial charge >= 0.3 is 12.0 Å². The molecule has 0 aromatic heterocycles. The first-order chi connectivity index (χ1) is 9.15. The molecule has 19 heavy (non-hydrogen) atoms. The van der Waals surface area contributed by atoms with Gasteiger partial charge in [0.2, 0.25) is 0 Å². The van der Waals surface area contributed by atoms with Crippen molar-refractivity contribution in [1.82, 2.24) is 9.80 Å². The normalized spacial score (nSPS) is 27.6. The van der Waals surface area contributed by atoms with Crippen LogP contribution in [-0.4, -0.2) is 70.4 Å². The van der Waals surface area contributed by atoms with Crippen LogP contribution in [0.4, 0.5) is 4.79 Å². The Bertz CT molecular complexity index is 347. The van der Waals surface area contributed by atoms with E-state index < -0.39 is 12.0 Å². The van der Waals surface area contributed by atoms with Crippen LogP contribution in [0.5, 0.6) is 0 Å². The van der Waals surface area contributed by atoms with Gasteiger partial charge in [0.25, 0.3) is 0 Å². The monoisotopic (exact) mass is 288 g/mol. The molecule has 1 N–H and O–H groups in total. The molecular weight excluding hydrogens is 268 g/mol. The quantitative estimate of drug-likeness (QED) is 0.841. The lowest BCUT2D eigenvalue weighted by Crippen LogP contribution is -2.54. The van der Waals surface area contributed by atoms with E-state index in [1.54, 1.807) is 21.6 Å². The van der Waals surface area contributed by atoms with Crippen LogP contribution in [0.3, 0.4) is 0 Å². The zero-order valence-corrected chi connectivity index (χ0v) is 11.9. The van der Waals surface area contributed by atoms with Crippen molar-refractivity contribution in [2.75, 3.05) is 32.1 Å². The van der Waals surface area contributed by atoms with E-state index in [0.29, 0.717) is 32.1 Å². The van der Waals surface area contributed by atoms with Crippen molar-refractivity contribution in [3.05, 3.63) is 0 Å². The molecule has 0 aromatic carbocycles. The first kappa shape index (κ1) is 14.5. The first-order valence-electron chi connectivity index (χ1n) is 6.64. The number of urea groups is 1. The average molecular weight is 288 g/mol. The van der Waals surface area contributed by atoms with Gasteiger partial charge in [-0.3, -0.25) is 4.90 Å². The number of carbonyl (C=O) groups excluding carboxylic acids is 1. The maximum absolute atomic E-state index is 12.5. The molecule has 2 amide bonds. The first-order valence-corrected chi connectivity index (χ1v) is 7.69. The number of carbonyl (C=O) groups is 2. The molecule has 2 heterocycles. The molecule has 2 atom stereocenters. The van der Waals surface area contributed by atoms with Gasteiger partial charge in [-0.2, -0.15) is 0 Å². The summed E-state index contributed by atoms with van der Waals surface area (Å²) in [5.41, 5.74) is 0. The summed E-state index contributed by atoms with van der Waals surface area (Å²) in [5.74, 6) is -0.427. The zero-order valence-electron chi connectivity index (χ0n) is 11.1. The van der Waals surface area contributed by atoms with Crippen LogP contribution in [0.1, 0.15) is 19.8 Å². The van der Waals surface area contributed by atoms with E-state index in [1.165, 1.54) is 0 Å². The zero-order chi connectivity index (χ0) is 13.8. The Labute approximate surface area is 117 Å². The molecule has 2 saturated heterocycles. The summed E-state index contributed by atoms with van der Waals surface area (Å²) in [7, 11) is 0. The summed E-state index contributed by atoms with van der Waals surface area (Å²) < 4.78 is 5.23. The number of hydrogen-bond acceptors (Lipinski definition) is 4. The summed E-state index contributed by atoms with van der Waals surface area (Å²) in [5, 5.41) is 9.25. The van der Waals surface area contributed by atoms with Crippen molar-refractivity contribution >= 4 is 23.8 Å². The number of aliphatic carboxylic acids is 1. The van der Waals surface area contributed by atoms with E-state index in [4.69, 9.17) is 4.74 Å². The second-order valence-corrected chi connectivity index (χ2v) is 5.93. The van der Waals surface area contributed by atoms with Crippen molar-refractivity contribution in [3.63, 3.8) is 0 Å². The predicted molar refractivity (Wildman–Crippen MR) is 72.2 cm³/mol. The van der Waals surface area contributed by atoms with Crippen LogP contribution < -0.4 is 0 Å². The number of ether oxygens (including phenoxy) is 1. The van der Waals surface area contributed by atoms with Crippen LogP contribution in [0, 0.1) is 0 Å². The second kappa shape index (κ2) is 6.47. The van der Waals surface area contributed by atoms with Crippen LogP contribution in [-0.2, 0) is 9.53 Å². The highest BCUT2D eigenvalue weighted by molar-refractivity contribution is 8.00. The van der Waals surface area contributed by atoms with Crippen molar-refractivity contribution in [1.29, 1.82) is 0 Å². The summed E-state index contributed by atoms with van der Waals surface area (Å²) >= 11 is 1.57. The minimum atomic E-state index is -0.910. The van der Waals surface area contributed by atoms with Crippen LogP contribution >= 0.6 is 11.8 Å². The summed E-state index contributed by atoms with van der Waals surface area (Å²) in [6.07, 6.45) is 1.78. The Morgan fingerprint density at radius 1 is 1.37 bits per heavy atom. The van der Waals surface area contributed by atoms with Gasteiger partial charge in [0.05, 0.1) is 18.6 Å². The van der Waals surface area contributed by atoms with E-state index >= 15 is 0 Å². The smallest absolute Gasteiger partial charge is 0.327 e. The molecule has 0 spiro atoms. The molecule has 2 aliphatic heterocycles. The number of rotatable bonds is 3. The van der Waals surface area contributed by atoms with Crippen molar-refractivity contribution in [2.24, 2.45) is 0 Å². The Morgan fingerprint density at radius 2 is 2.05 bits per heavy atom. The van der Waals surface area contributed by atoms with Gasteiger partial charge in [0.1, 0.15) is 6.04 Å². The third-order valence-corrected chi connectivity index (χ3v) is 4.77. The molecule has 7 heteroatoms. The molecule has 6 nitrogen and oxygen atoms in total. The third-order valence-electron chi connectivity index (χ3n) is 3.42. The number of thioether (sulfide) groups is 1. The number of nitrogens with zero attached hydrogens (tertiary/aromatic N) is 2. The van der Waals surface area contributed by atoms with Gasteiger partial charge in [0, 0.05) is 18.8 Å². The number of hydrogen-bond donors (Lipinski definition) is 1. The van der Waals surface area contributed by atoms with Crippen LogP contribution in [0.2, 0.25) is 0 Å².